The standard InChI is InChI=1S/C21H20N4O2/c1-13-12-16(18-14(2)24-25(3)20(18)22-13)21(26)23-19(17-10-7-11-27-17)15-8-5-4-6-9-15/h4-12,19H,1-3H3,(H,23,26). The Labute approximate surface area is 156 Å². The van der Waals surface area contributed by atoms with Crippen molar-refractivity contribution in [2.24, 2.45) is 7.05 Å². The van der Waals surface area contributed by atoms with Gasteiger partial charge in [0.05, 0.1) is 22.9 Å². The topological polar surface area (TPSA) is 73.0 Å². The van der Waals surface area contributed by atoms with Gasteiger partial charge in [0, 0.05) is 12.7 Å². The fourth-order valence-corrected chi connectivity index (χ4v) is 3.38. The van der Waals surface area contributed by atoms with Gasteiger partial charge in [-0.05, 0) is 37.6 Å². The summed E-state index contributed by atoms with van der Waals surface area (Å²) in [5, 5.41) is 8.30. The van der Waals surface area contributed by atoms with Crippen LogP contribution in [0.15, 0.2) is 59.2 Å². The maximum absolute atomic E-state index is 13.2. The molecule has 3 aromatic heterocycles. The Morgan fingerprint density at radius 3 is 2.63 bits per heavy atom. The highest BCUT2D eigenvalue weighted by Crippen LogP contribution is 2.26. The summed E-state index contributed by atoms with van der Waals surface area (Å²) in [6.07, 6.45) is 1.61. The Balaban J connectivity index is 1.77. The van der Waals surface area contributed by atoms with Crippen molar-refractivity contribution in [3.63, 3.8) is 0 Å². The van der Waals surface area contributed by atoms with Gasteiger partial charge < -0.3 is 9.73 Å². The summed E-state index contributed by atoms with van der Waals surface area (Å²) in [6.45, 7) is 3.76. The lowest BCUT2D eigenvalue weighted by Gasteiger charge is -2.18. The third-order valence-corrected chi connectivity index (χ3v) is 4.58. The molecule has 0 aliphatic rings. The highest BCUT2D eigenvalue weighted by Gasteiger charge is 2.23. The van der Waals surface area contributed by atoms with Crippen LogP contribution in [-0.2, 0) is 7.05 Å². The molecule has 0 saturated heterocycles. The summed E-state index contributed by atoms with van der Waals surface area (Å²) in [4.78, 5) is 17.8. The molecule has 0 aliphatic carbocycles. The number of furan rings is 1. The van der Waals surface area contributed by atoms with Gasteiger partial charge in [-0.3, -0.25) is 9.48 Å². The maximum atomic E-state index is 13.2. The molecule has 0 bridgehead atoms. The van der Waals surface area contributed by atoms with Crippen molar-refractivity contribution in [3.05, 3.63) is 83.1 Å². The average Bonchev–Trinajstić information content (AvgIpc) is 3.28. The largest absolute Gasteiger partial charge is 0.467 e. The molecule has 0 spiro atoms. The first kappa shape index (κ1) is 17.0. The molecular formula is C21H20N4O2. The van der Waals surface area contributed by atoms with Gasteiger partial charge in [0.25, 0.3) is 5.91 Å². The Bertz CT molecular complexity index is 1100. The van der Waals surface area contributed by atoms with Crippen molar-refractivity contribution in [1.29, 1.82) is 0 Å². The van der Waals surface area contributed by atoms with Gasteiger partial charge in [0.1, 0.15) is 11.8 Å². The van der Waals surface area contributed by atoms with E-state index < -0.39 is 0 Å². The van der Waals surface area contributed by atoms with Crippen LogP contribution in [-0.4, -0.2) is 20.7 Å². The summed E-state index contributed by atoms with van der Waals surface area (Å²) in [7, 11) is 1.83. The van der Waals surface area contributed by atoms with Crippen LogP contribution in [0.4, 0.5) is 0 Å². The van der Waals surface area contributed by atoms with Gasteiger partial charge in [0.2, 0.25) is 0 Å². The quantitative estimate of drug-likeness (QED) is 0.602. The maximum Gasteiger partial charge on any atom is 0.253 e. The molecule has 6 heteroatoms. The van der Waals surface area contributed by atoms with Crippen molar-refractivity contribution in [2.45, 2.75) is 19.9 Å². The highest BCUT2D eigenvalue weighted by molar-refractivity contribution is 6.06. The number of benzene rings is 1. The first-order chi connectivity index (χ1) is 13.0. The van der Waals surface area contributed by atoms with E-state index in [4.69, 9.17) is 4.42 Å². The fourth-order valence-electron chi connectivity index (χ4n) is 3.38. The molecule has 0 fully saturated rings. The van der Waals surface area contributed by atoms with Gasteiger partial charge in [-0.25, -0.2) is 4.98 Å². The molecule has 4 aromatic rings. The van der Waals surface area contributed by atoms with E-state index in [1.165, 1.54) is 0 Å². The second-order valence-electron chi connectivity index (χ2n) is 6.55. The SMILES string of the molecule is Cc1cc(C(=O)NC(c2ccccc2)c2ccco2)c2c(C)nn(C)c2n1. The third kappa shape index (κ3) is 3.10. The van der Waals surface area contributed by atoms with Crippen LogP contribution >= 0.6 is 0 Å². The lowest BCUT2D eigenvalue weighted by Crippen LogP contribution is -2.29. The lowest BCUT2D eigenvalue weighted by atomic mass is 10.0. The average molecular weight is 360 g/mol. The van der Waals surface area contributed by atoms with E-state index in [0.717, 1.165) is 22.3 Å². The Hall–Kier alpha value is -3.41. The number of hydrogen-bond donors (Lipinski definition) is 1. The number of nitrogens with one attached hydrogen (secondary N) is 1. The minimum Gasteiger partial charge on any atom is -0.467 e. The number of fused-ring (bicyclic) bond motifs is 1. The first-order valence-corrected chi connectivity index (χ1v) is 8.74. The van der Waals surface area contributed by atoms with Crippen molar-refractivity contribution in [1.82, 2.24) is 20.1 Å². The molecule has 1 aromatic carbocycles. The second-order valence-corrected chi connectivity index (χ2v) is 6.55. The molecule has 0 radical (unpaired) electrons. The zero-order valence-corrected chi connectivity index (χ0v) is 15.4. The predicted octanol–water partition coefficient (Wildman–Crippen LogP) is 3.70. The van der Waals surface area contributed by atoms with E-state index in [-0.39, 0.29) is 11.9 Å². The fraction of sp³-hybridized carbons (Fsp3) is 0.190. The van der Waals surface area contributed by atoms with E-state index in [1.54, 1.807) is 17.0 Å². The highest BCUT2D eigenvalue weighted by atomic mass is 16.3. The van der Waals surface area contributed by atoms with Gasteiger partial charge in [-0.2, -0.15) is 5.10 Å². The molecule has 0 saturated carbocycles. The zero-order valence-electron chi connectivity index (χ0n) is 15.4. The molecule has 1 unspecified atom stereocenters. The Morgan fingerprint density at radius 2 is 1.93 bits per heavy atom. The molecule has 27 heavy (non-hydrogen) atoms. The van der Waals surface area contributed by atoms with Crippen LogP contribution < -0.4 is 5.32 Å². The third-order valence-electron chi connectivity index (χ3n) is 4.58. The zero-order chi connectivity index (χ0) is 19.0. The summed E-state index contributed by atoms with van der Waals surface area (Å²) in [6, 6.07) is 14.9. The number of carbonyl (C=O) groups excluding carboxylic acids is 1. The smallest absolute Gasteiger partial charge is 0.253 e. The van der Waals surface area contributed by atoms with Crippen molar-refractivity contribution in [3.8, 4) is 0 Å². The number of pyridine rings is 1. The number of nitrogens with zero attached hydrogens (tertiary/aromatic N) is 3. The normalized spacial score (nSPS) is 12.3. The van der Waals surface area contributed by atoms with E-state index >= 15 is 0 Å². The van der Waals surface area contributed by atoms with E-state index in [2.05, 4.69) is 15.4 Å². The molecular weight excluding hydrogens is 340 g/mol. The first-order valence-electron chi connectivity index (χ1n) is 8.74. The molecule has 4 rings (SSSR count). The monoisotopic (exact) mass is 360 g/mol. The minimum absolute atomic E-state index is 0.188. The summed E-state index contributed by atoms with van der Waals surface area (Å²) in [5.41, 5.74) is 3.76. The van der Waals surface area contributed by atoms with E-state index in [9.17, 15) is 4.79 Å². The number of rotatable bonds is 4. The molecule has 0 aliphatic heterocycles. The molecule has 3 heterocycles. The summed E-state index contributed by atoms with van der Waals surface area (Å²) in [5.74, 6) is 0.492. The number of aryl methyl sites for hydroxylation is 3. The van der Waals surface area contributed by atoms with Gasteiger partial charge in [-0.15, -0.1) is 0 Å². The predicted molar refractivity (Wildman–Crippen MR) is 102 cm³/mol. The van der Waals surface area contributed by atoms with Crippen LogP contribution in [0.2, 0.25) is 0 Å². The lowest BCUT2D eigenvalue weighted by molar-refractivity contribution is 0.0940. The number of carbonyl (C=O) groups is 1. The molecule has 1 N–H and O–H groups in total. The Kier molecular flexibility index (Phi) is 4.24. The van der Waals surface area contributed by atoms with Crippen LogP contribution in [0.25, 0.3) is 11.0 Å². The summed E-state index contributed by atoms with van der Waals surface area (Å²) < 4.78 is 7.29. The molecule has 6 nitrogen and oxygen atoms in total. The van der Waals surface area contributed by atoms with Gasteiger partial charge in [0.15, 0.2) is 5.65 Å². The number of aromatic nitrogens is 3. The van der Waals surface area contributed by atoms with Crippen molar-refractivity contribution >= 4 is 16.9 Å². The second kappa shape index (κ2) is 6.72. The van der Waals surface area contributed by atoms with Crippen LogP contribution in [0.3, 0.4) is 0 Å². The Morgan fingerprint density at radius 1 is 1.15 bits per heavy atom. The number of amides is 1. The van der Waals surface area contributed by atoms with Gasteiger partial charge in [-0.1, -0.05) is 30.3 Å². The van der Waals surface area contributed by atoms with Gasteiger partial charge >= 0.3 is 0 Å². The van der Waals surface area contributed by atoms with Crippen LogP contribution in [0.5, 0.6) is 0 Å². The molecule has 136 valence electrons. The molecule has 1 atom stereocenters. The minimum atomic E-state index is -0.380. The van der Waals surface area contributed by atoms with E-state index in [0.29, 0.717) is 17.0 Å². The van der Waals surface area contributed by atoms with Crippen molar-refractivity contribution < 1.29 is 9.21 Å². The summed E-state index contributed by atoms with van der Waals surface area (Å²) >= 11 is 0. The van der Waals surface area contributed by atoms with Crippen molar-refractivity contribution in [2.75, 3.05) is 0 Å². The van der Waals surface area contributed by atoms with E-state index in [1.807, 2.05) is 63.4 Å². The van der Waals surface area contributed by atoms with Crippen LogP contribution in [0.1, 0.15) is 39.1 Å². The molecule has 1 amide bonds. The number of hydrogen-bond acceptors (Lipinski definition) is 4. The van der Waals surface area contributed by atoms with Crippen LogP contribution in [0, 0.1) is 13.8 Å².